The van der Waals surface area contributed by atoms with Gasteiger partial charge in [-0.05, 0) is 53.7 Å². The minimum Gasteiger partial charge on any atom is -0.502 e. The lowest BCUT2D eigenvalue weighted by molar-refractivity contribution is -0.385. The van der Waals surface area contributed by atoms with Crippen LogP contribution in [0.15, 0.2) is 52.4 Å². The van der Waals surface area contributed by atoms with Gasteiger partial charge in [0.1, 0.15) is 0 Å². The molecule has 142 valence electrons. The van der Waals surface area contributed by atoms with Gasteiger partial charge in [0.2, 0.25) is 0 Å². The fourth-order valence-corrected chi connectivity index (χ4v) is 3.36. The third kappa shape index (κ3) is 3.86. The molecule has 2 aromatic rings. The number of aromatic carboxylic acids is 1. The Balaban J connectivity index is 1.89. The number of carbonyl (C=O) groups excluding carboxylic acids is 1. The molecule has 1 aliphatic rings. The number of phenolic OH excluding ortho intramolecular Hbond substituents is 1. The number of nitro groups is 1. The number of hydrogen-bond donors (Lipinski definition) is 2. The van der Waals surface area contributed by atoms with Crippen LogP contribution in [-0.2, 0) is 4.79 Å². The first-order valence-corrected chi connectivity index (χ1v) is 8.65. The van der Waals surface area contributed by atoms with Crippen LogP contribution in [0.3, 0.4) is 0 Å². The SMILES string of the molecule is CN1C(=O)/C(=C/c2ccc(O)c([N+](=O)[O-])c2)SC1=Nc1ccc(C(=O)O)cc1. The van der Waals surface area contributed by atoms with Gasteiger partial charge >= 0.3 is 11.7 Å². The molecule has 1 fully saturated rings. The minimum atomic E-state index is -1.05. The van der Waals surface area contributed by atoms with Gasteiger partial charge in [0.15, 0.2) is 10.9 Å². The number of carbonyl (C=O) groups is 2. The number of carboxylic acid groups (broad SMARTS) is 1. The average molecular weight is 399 g/mol. The van der Waals surface area contributed by atoms with E-state index in [0.29, 0.717) is 21.3 Å². The second-order valence-corrected chi connectivity index (χ2v) is 6.74. The topological polar surface area (TPSA) is 133 Å². The van der Waals surface area contributed by atoms with E-state index < -0.39 is 22.3 Å². The number of thioether (sulfide) groups is 1. The van der Waals surface area contributed by atoms with E-state index in [4.69, 9.17) is 5.11 Å². The maximum absolute atomic E-state index is 12.4. The maximum Gasteiger partial charge on any atom is 0.335 e. The number of amides is 1. The van der Waals surface area contributed by atoms with Crippen LogP contribution < -0.4 is 0 Å². The van der Waals surface area contributed by atoms with Crippen molar-refractivity contribution in [3.63, 3.8) is 0 Å². The summed E-state index contributed by atoms with van der Waals surface area (Å²) in [5, 5.41) is 29.8. The largest absolute Gasteiger partial charge is 0.502 e. The van der Waals surface area contributed by atoms with Crippen LogP contribution in [0, 0.1) is 10.1 Å². The molecule has 0 aliphatic carbocycles. The molecule has 2 N–H and O–H groups in total. The number of rotatable bonds is 4. The highest BCUT2D eigenvalue weighted by Gasteiger charge is 2.30. The number of hydrogen-bond acceptors (Lipinski definition) is 7. The van der Waals surface area contributed by atoms with Gasteiger partial charge in [0.05, 0.1) is 21.1 Å². The molecule has 10 heteroatoms. The fourth-order valence-electron chi connectivity index (χ4n) is 2.37. The Hall–Kier alpha value is -3.66. The Morgan fingerprint density at radius 3 is 2.54 bits per heavy atom. The summed E-state index contributed by atoms with van der Waals surface area (Å²) >= 11 is 1.08. The van der Waals surface area contributed by atoms with E-state index in [2.05, 4.69) is 4.99 Å². The summed E-state index contributed by atoms with van der Waals surface area (Å²) < 4.78 is 0. The second-order valence-electron chi connectivity index (χ2n) is 5.73. The summed E-state index contributed by atoms with van der Waals surface area (Å²) in [6, 6.07) is 9.71. The van der Waals surface area contributed by atoms with E-state index in [-0.39, 0.29) is 11.5 Å². The van der Waals surface area contributed by atoms with E-state index in [1.807, 2.05) is 0 Å². The summed E-state index contributed by atoms with van der Waals surface area (Å²) in [6.45, 7) is 0. The average Bonchev–Trinajstić information content (AvgIpc) is 2.91. The first-order chi connectivity index (χ1) is 13.3. The monoisotopic (exact) mass is 399 g/mol. The molecule has 1 amide bonds. The molecular weight excluding hydrogens is 386 g/mol. The van der Waals surface area contributed by atoms with Gasteiger partial charge in [0.25, 0.3) is 5.91 Å². The van der Waals surface area contributed by atoms with Crippen molar-refractivity contribution in [1.29, 1.82) is 0 Å². The van der Waals surface area contributed by atoms with E-state index in [1.165, 1.54) is 53.4 Å². The number of aliphatic imine (C=N–C) groups is 1. The Labute approximate surface area is 162 Å². The van der Waals surface area contributed by atoms with Gasteiger partial charge in [-0.15, -0.1) is 0 Å². The summed E-state index contributed by atoms with van der Waals surface area (Å²) in [5.41, 5.74) is 0.544. The second kappa shape index (κ2) is 7.53. The van der Waals surface area contributed by atoms with Crippen LogP contribution in [0.1, 0.15) is 15.9 Å². The molecule has 0 atom stereocenters. The minimum absolute atomic E-state index is 0.127. The Bertz CT molecular complexity index is 1050. The lowest BCUT2D eigenvalue weighted by Gasteiger charge is -2.07. The van der Waals surface area contributed by atoms with Gasteiger partial charge < -0.3 is 10.2 Å². The number of aromatic hydroxyl groups is 1. The Morgan fingerprint density at radius 1 is 1.25 bits per heavy atom. The van der Waals surface area contributed by atoms with Crippen molar-refractivity contribution in [2.45, 2.75) is 0 Å². The number of carboxylic acids is 1. The Morgan fingerprint density at radius 2 is 1.93 bits per heavy atom. The van der Waals surface area contributed by atoms with Crippen molar-refractivity contribution >= 4 is 46.3 Å². The van der Waals surface area contributed by atoms with E-state index >= 15 is 0 Å². The zero-order valence-electron chi connectivity index (χ0n) is 14.4. The first kappa shape index (κ1) is 19.1. The van der Waals surface area contributed by atoms with Crippen LogP contribution in [-0.4, -0.2) is 44.1 Å². The van der Waals surface area contributed by atoms with Gasteiger partial charge in [-0.25, -0.2) is 9.79 Å². The van der Waals surface area contributed by atoms with Crippen LogP contribution in [0.25, 0.3) is 6.08 Å². The summed E-state index contributed by atoms with van der Waals surface area (Å²) in [5.74, 6) is -1.83. The van der Waals surface area contributed by atoms with E-state index in [0.717, 1.165) is 11.8 Å². The predicted molar refractivity (Wildman–Crippen MR) is 104 cm³/mol. The van der Waals surface area contributed by atoms with Crippen LogP contribution >= 0.6 is 11.8 Å². The molecule has 0 unspecified atom stereocenters. The normalized spacial score (nSPS) is 16.8. The number of phenols is 1. The number of benzene rings is 2. The van der Waals surface area contributed by atoms with Crippen molar-refractivity contribution in [2.24, 2.45) is 4.99 Å². The number of likely N-dealkylation sites (N-methyl/N-ethyl adjacent to an activating group) is 1. The zero-order valence-corrected chi connectivity index (χ0v) is 15.2. The molecule has 0 radical (unpaired) electrons. The van der Waals surface area contributed by atoms with E-state index in [1.54, 1.807) is 7.05 Å². The molecular formula is C18H13N3O6S. The third-order valence-electron chi connectivity index (χ3n) is 3.84. The highest BCUT2D eigenvalue weighted by Crippen LogP contribution is 2.34. The van der Waals surface area contributed by atoms with Crippen LogP contribution in [0.5, 0.6) is 5.75 Å². The molecule has 0 spiro atoms. The highest BCUT2D eigenvalue weighted by molar-refractivity contribution is 8.18. The van der Waals surface area contributed by atoms with Crippen LogP contribution in [0.2, 0.25) is 0 Å². The maximum atomic E-state index is 12.4. The fraction of sp³-hybridized carbons (Fsp3) is 0.0556. The van der Waals surface area contributed by atoms with Gasteiger partial charge in [-0.2, -0.15) is 0 Å². The molecule has 0 saturated carbocycles. The molecule has 2 aromatic carbocycles. The van der Waals surface area contributed by atoms with Crippen molar-refractivity contribution in [3.05, 3.63) is 68.6 Å². The number of amidine groups is 1. The third-order valence-corrected chi connectivity index (χ3v) is 4.90. The van der Waals surface area contributed by atoms with Gasteiger partial charge in [0, 0.05) is 13.1 Å². The molecule has 0 aromatic heterocycles. The highest BCUT2D eigenvalue weighted by atomic mass is 32.2. The van der Waals surface area contributed by atoms with Crippen molar-refractivity contribution < 1.29 is 24.7 Å². The molecule has 0 bridgehead atoms. The Kier molecular flexibility index (Phi) is 5.14. The molecule has 3 rings (SSSR count). The molecule has 28 heavy (non-hydrogen) atoms. The molecule has 1 heterocycles. The zero-order chi connectivity index (χ0) is 20.4. The van der Waals surface area contributed by atoms with E-state index in [9.17, 15) is 24.8 Å². The van der Waals surface area contributed by atoms with Gasteiger partial charge in [-0.3, -0.25) is 19.8 Å². The number of nitrogens with zero attached hydrogens (tertiary/aromatic N) is 3. The predicted octanol–water partition coefficient (Wildman–Crippen LogP) is 3.23. The lowest BCUT2D eigenvalue weighted by atomic mass is 10.1. The van der Waals surface area contributed by atoms with Crippen molar-refractivity contribution in [2.75, 3.05) is 7.05 Å². The standard InChI is InChI=1S/C18H13N3O6S/c1-20-16(23)15(9-10-2-7-14(22)13(8-10)21(26)27)28-18(20)19-12-5-3-11(4-6-12)17(24)25/h2-9,22H,1H3,(H,24,25)/b15-9-,19-18?. The molecule has 1 aliphatic heterocycles. The summed E-state index contributed by atoms with van der Waals surface area (Å²) in [4.78, 5) is 39.5. The smallest absolute Gasteiger partial charge is 0.335 e. The van der Waals surface area contributed by atoms with Crippen molar-refractivity contribution in [1.82, 2.24) is 4.90 Å². The summed E-state index contributed by atoms with van der Waals surface area (Å²) in [7, 11) is 1.54. The number of nitro benzene ring substituents is 1. The van der Waals surface area contributed by atoms with Crippen LogP contribution in [0.4, 0.5) is 11.4 Å². The van der Waals surface area contributed by atoms with Crippen molar-refractivity contribution in [3.8, 4) is 5.75 Å². The quantitative estimate of drug-likeness (QED) is 0.458. The lowest BCUT2D eigenvalue weighted by Crippen LogP contribution is -2.23. The molecule has 9 nitrogen and oxygen atoms in total. The summed E-state index contributed by atoms with van der Waals surface area (Å²) in [6.07, 6.45) is 1.48. The molecule has 1 saturated heterocycles. The van der Waals surface area contributed by atoms with Gasteiger partial charge in [-0.1, -0.05) is 6.07 Å². The first-order valence-electron chi connectivity index (χ1n) is 7.83.